The number of carbonyl (C=O) groups is 1. The van der Waals surface area contributed by atoms with Crippen molar-refractivity contribution in [2.75, 3.05) is 0 Å². The number of ether oxygens (including phenoxy) is 1. The van der Waals surface area contributed by atoms with Crippen LogP contribution in [0.25, 0.3) is 16.9 Å². The van der Waals surface area contributed by atoms with Crippen molar-refractivity contribution in [2.45, 2.75) is 19.7 Å². The van der Waals surface area contributed by atoms with Gasteiger partial charge >= 0.3 is 12.1 Å². The molecule has 180 valence electrons. The van der Waals surface area contributed by atoms with Gasteiger partial charge in [-0.15, -0.1) is 0 Å². The summed E-state index contributed by atoms with van der Waals surface area (Å²) in [5, 5.41) is 9.32. The Balaban J connectivity index is 1.85. The van der Waals surface area contributed by atoms with Crippen molar-refractivity contribution in [2.24, 2.45) is 0 Å². The first kappa shape index (κ1) is 24.0. The van der Waals surface area contributed by atoms with Crippen LogP contribution in [-0.2, 0) is 12.8 Å². The first-order chi connectivity index (χ1) is 16.5. The number of halogens is 5. The van der Waals surface area contributed by atoms with E-state index in [0.717, 1.165) is 30.3 Å². The number of nitrogens with zero attached hydrogens (tertiary/aromatic N) is 1. The van der Waals surface area contributed by atoms with Gasteiger partial charge in [-0.2, -0.15) is 13.2 Å². The fourth-order valence-corrected chi connectivity index (χ4v) is 3.66. The molecule has 35 heavy (non-hydrogen) atoms. The summed E-state index contributed by atoms with van der Waals surface area (Å²) in [6.07, 6.45) is -4.65. The van der Waals surface area contributed by atoms with Gasteiger partial charge in [-0.1, -0.05) is 12.1 Å². The van der Waals surface area contributed by atoms with Gasteiger partial charge in [-0.3, -0.25) is 0 Å². The summed E-state index contributed by atoms with van der Waals surface area (Å²) in [6.45, 7) is 1.56. The molecule has 4 nitrogen and oxygen atoms in total. The zero-order chi connectivity index (χ0) is 25.3. The predicted molar refractivity (Wildman–Crippen MR) is 119 cm³/mol. The molecule has 0 radical (unpaired) electrons. The van der Waals surface area contributed by atoms with Crippen molar-refractivity contribution in [1.29, 1.82) is 0 Å². The number of carboxylic acids is 1. The number of aryl methyl sites for hydroxylation is 1. The van der Waals surface area contributed by atoms with Crippen LogP contribution in [0.15, 0.2) is 72.8 Å². The Morgan fingerprint density at radius 1 is 0.943 bits per heavy atom. The Labute approximate surface area is 196 Å². The molecule has 0 bridgehead atoms. The number of hydrogen-bond acceptors (Lipinski definition) is 2. The van der Waals surface area contributed by atoms with Crippen LogP contribution >= 0.6 is 0 Å². The lowest BCUT2D eigenvalue weighted by Crippen LogP contribution is -2.08. The molecular formula is C26H18F5NO3. The van der Waals surface area contributed by atoms with E-state index in [0.29, 0.717) is 11.3 Å². The molecule has 0 saturated carbocycles. The lowest BCUT2D eigenvalue weighted by molar-refractivity contribution is -0.137. The van der Waals surface area contributed by atoms with Crippen molar-refractivity contribution < 1.29 is 36.6 Å². The SMILES string of the molecule is Cc1ccc(-c2cc(C(F)(F)F)ccc2OCc2ccc(F)cc2)n1-c1cc(C(=O)O)ccc1F. The van der Waals surface area contributed by atoms with Gasteiger partial charge in [0.05, 0.1) is 22.5 Å². The fraction of sp³-hybridized carbons (Fsp3) is 0.115. The molecule has 0 aliphatic carbocycles. The summed E-state index contributed by atoms with van der Waals surface area (Å²) in [4.78, 5) is 11.4. The van der Waals surface area contributed by atoms with E-state index in [1.165, 1.54) is 41.0 Å². The Morgan fingerprint density at radius 2 is 1.66 bits per heavy atom. The monoisotopic (exact) mass is 487 g/mol. The molecule has 1 heterocycles. The maximum Gasteiger partial charge on any atom is 0.416 e. The minimum Gasteiger partial charge on any atom is -0.488 e. The van der Waals surface area contributed by atoms with Crippen LogP contribution < -0.4 is 4.74 Å². The molecule has 0 aliphatic heterocycles. The number of carboxylic acid groups (broad SMARTS) is 1. The molecule has 0 fully saturated rings. The van der Waals surface area contributed by atoms with E-state index in [4.69, 9.17) is 4.74 Å². The summed E-state index contributed by atoms with van der Waals surface area (Å²) in [5.41, 5.74) is -0.0139. The minimum atomic E-state index is -4.65. The number of rotatable bonds is 6. The second-order valence-electron chi connectivity index (χ2n) is 7.79. The van der Waals surface area contributed by atoms with Gasteiger partial charge < -0.3 is 14.4 Å². The van der Waals surface area contributed by atoms with E-state index < -0.39 is 29.3 Å². The van der Waals surface area contributed by atoms with Gasteiger partial charge in [0.1, 0.15) is 24.0 Å². The van der Waals surface area contributed by atoms with Gasteiger partial charge in [0.15, 0.2) is 0 Å². The second kappa shape index (κ2) is 9.25. The van der Waals surface area contributed by atoms with Gasteiger partial charge in [0, 0.05) is 11.3 Å². The highest BCUT2D eigenvalue weighted by Crippen LogP contribution is 2.39. The molecule has 1 aromatic heterocycles. The Kier molecular flexibility index (Phi) is 6.34. The Morgan fingerprint density at radius 3 is 2.31 bits per heavy atom. The van der Waals surface area contributed by atoms with Crippen molar-refractivity contribution in [3.63, 3.8) is 0 Å². The fourth-order valence-electron chi connectivity index (χ4n) is 3.66. The standard InChI is InChI=1S/C26H18F5NO3/c1-15-2-10-22(32(15)23-12-17(25(33)34)5-9-21(23)28)20-13-18(26(29,30)31)6-11-24(20)35-14-16-3-7-19(27)8-4-16/h2-13H,14H2,1H3,(H,33,34). The first-order valence-corrected chi connectivity index (χ1v) is 10.3. The average molecular weight is 487 g/mol. The van der Waals surface area contributed by atoms with Crippen LogP contribution in [0.4, 0.5) is 22.0 Å². The maximum absolute atomic E-state index is 14.8. The highest BCUT2D eigenvalue weighted by Gasteiger charge is 2.32. The predicted octanol–water partition coefficient (Wildman–Crippen LogP) is 7.03. The summed E-state index contributed by atoms with van der Waals surface area (Å²) in [5.74, 6) is -2.39. The molecule has 0 spiro atoms. The number of aromatic nitrogens is 1. The number of hydrogen-bond donors (Lipinski definition) is 1. The molecule has 0 unspecified atom stereocenters. The lowest BCUT2D eigenvalue weighted by Gasteiger charge is -2.18. The lowest BCUT2D eigenvalue weighted by atomic mass is 10.1. The summed E-state index contributed by atoms with van der Waals surface area (Å²) < 4.78 is 75.7. The van der Waals surface area contributed by atoms with E-state index in [9.17, 15) is 31.9 Å². The molecular weight excluding hydrogens is 469 g/mol. The van der Waals surface area contributed by atoms with E-state index in [2.05, 4.69) is 0 Å². The number of benzene rings is 3. The average Bonchev–Trinajstić information content (AvgIpc) is 3.19. The topological polar surface area (TPSA) is 51.5 Å². The van der Waals surface area contributed by atoms with Crippen LogP contribution in [0.3, 0.4) is 0 Å². The van der Waals surface area contributed by atoms with Crippen molar-refractivity contribution in [3.8, 4) is 22.7 Å². The maximum atomic E-state index is 14.8. The second-order valence-corrected chi connectivity index (χ2v) is 7.79. The zero-order valence-electron chi connectivity index (χ0n) is 18.2. The first-order valence-electron chi connectivity index (χ1n) is 10.3. The molecule has 1 N–H and O–H groups in total. The number of alkyl halides is 3. The van der Waals surface area contributed by atoms with Gasteiger partial charge in [0.2, 0.25) is 0 Å². The van der Waals surface area contributed by atoms with E-state index >= 15 is 0 Å². The number of aromatic carboxylic acids is 1. The highest BCUT2D eigenvalue weighted by atomic mass is 19.4. The van der Waals surface area contributed by atoms with Crippen LogP contribution in [0.1, 0.15) is 27.2 Å². The van der Waals surface area contributed by atoms with Crippen molar-refractivity contribution in [1.82, 2.24) is 4.57 Å². The molecule has 0 atom stereocenters. The van der Waals surface area contributed by atoms with Gasteiger partial charge in [-0.25, -0.2) is 13.6 Å². The summed E-state index contributed by atoms with van der Waals surface area (Å²) in [6, 6.07) is 14.6. The smallest absolute Gasteiger partial charge is 0.416 e. The van der Waals surface area contributed by atoms with Crippen LogP contribution in [0.2, 0.25) is 0 Å². The third-order valence-corrected chi connectivity index (χ3v) is 5.40. The molecule has 0 amide bonds. The molecule has 4 aromatic rings. The Bertz CT molecular complexity index is 1390. The normalized spacial score (nSPS) is 11.5. The van der Waals surface area contributed by atoms with Crippen LogP contribution in [-0.4, -0.2) is 15.6 Å². The third-order valence-electron chi connectivity index (χ3n) is 5.40. The van der Waals surface area contributed by atoms with Crippen molar-refractivity contribution >= 4 is 5.97 Å². The van der Waals surface area contributed by atoms with Crippen LogP contribution in [0.5, 0.6) is 5.75 Å². The van der Waals surface area contributed by atoms with E-state index in [1.807, 2.05) is 0 Å². The summed E-state index contributed by atoms with van der Waals surface area (Å²) in [7, 11) is 0. The van der Waals surface area contributed by atoms with E-state index in [-0.39, 0.29) is 34.9 Å². The minimum absolute atomic E-state index is 0.0233. The summed E-state index contributed by atoms with van der Waals surface area (Å²) >= 11 is 0. The molecule has 9 heteroatoms. The van der Waals surface area contributed by atoms with Gasteiger partial charge in [0.25, 0.3) is 0 Å². The molecule has 3 aromatic carbocycles. The van der Waals surface area contributed by atoms with Crippen molar-refractivity contribution in [3.05, 3.63) is 107 Å². The van der Waals surface area contributed by atoms with Crippen LogP contribution in [0, 0.1) is 18.6 Å². The quantitative estimate of drug-likeness (QED) is 0.297. The Hall–Kier alpha value is -4.14. The molecule has 0 aliphatic rings. The third kappa shape index (κ3) is 5.03. The highest BCUT2D eigenvalue weighted by molar-refractivity contribution is 5.88. The largest absolute Gasteiger partial charge is 0.488 e. The molecule has 4 rings (SSSR count). The molecule has 0 saturated heterocycles. The zero-order valence-corrected chi connectivity index (χ0v) is 18.2. The van der Waals surface area contributed by atoms with E-state index in [1.54, 1.807) is 13.0 Å². The van der Waals surface area contributed by atoms with Gasteiger partial charge in [-0.05, 0) is 73.2 Å².